The molecule has 2 aromatic rings. The zero-order valence-corrected chi connectivity index (χ0v) is 14.1. The summed E-state index contributed by atoms with van der Waals surface area (Å²) >= 11 is 0. The SMILES string of the molecule is C=C[C@H]1CN2CC[C@@H]1CC2[C@H](O)c1ccnc2ccc(OC)cc12. The molecule has 0 amide bonds. The van der Waals surface area contributed by atoms with Gasteiger partial charge >= 0.3 is 0 Å². The number of hydrogen-bond donors (Lipinski definition) is 1. The third kappa shape index (κ3) is 2.50. The molecule has 126 valence electrons. The van der Waals surface area contributed by atoms with E-state index < -0.39 is 6.10 Å². The smallest absolute Gasteiger partial charge is 0.119 e. The number of methoxy groups -OCH3 is 1. The van der Waals surface area contributed by atoms with Gasteiger partial charge in [0.25, 0.3) is 0 Å². The molecule has 1 aromatic heterocycles. The minimum Gasteiger partial charge on any atom is -0.497 e. The van der Waals surface area contributed by atoms with Crippen LogP contribution < -0.4 is 4.74 Å². The fourth-order valence-corrected chi connectivity index (χ4v) is 4.44. The van der Waals surface area contributed by atoms with Crippen LogP contribution in [0.3, 0.4) is 0 Å². The molecule has 5 rings (SSSR count). The van der Waals surface area contributed by atoms with E-state index in [0.29, 0.717) is 11.8 Å². The van der Waals surface area contributed by atoms with Crippen molar-refractivity contribution in [3.05, 3.63) is 48.7 Å². The molecule has 3 saturated heterocycles. The zero-order valence-electron chi connectivity index (χ0n) is 14.1. The van der Waals surface area contributed by atoms with Crippen LogP contribution in [0.1, 0.15) is 24.5 Å². The van der Waals surface area contributed by atoms with Gasteiger partial charge in [0, 0.05) is 24.2 Å². The molecule has 5 atom stereocenters. The summed E-state index contributed by atoms with van der Waals surface area (Å²) in [6.45, 7) is 6.07. The minimum atomic E-state index is -0.504. The second-order valence-electron chi connectivity index (χ2n) is 6.97. The number of nitrogens with zero attached hydrogens (tertiary/aromatic N) is 2. The van der Waals surface area contributed by atoms with Gasteiger partial charge in [0.15, 0.2) is 0 Å². The van der Waals surface area contributed by atoms with Gasteiger partial charge in [0.2, 0.25) is 0 Å². The summed E-state index contributed by atoms with van der Waals surface area (Å²) in [5.41, 5.74) is 1.85. The number of aliphatic hydroxyl groups excluding tert-OH is 1. The molecule has 4 heterocycles. The summed E-state index contributed by atoms with van der Waals surface area (Å²) in [7, 11) is 1.66. The lowest BCUT2D eigenvalue weighted by molar-refractivity contribution is -0.0444. The Morgan fingerprint density at radius 2 is 2.29 bits per heavy atom. The van der Waals surface area contributed by atoms with E-state index in [-0.39, 0.29) is 6.04 Å². The van der Waals surface area contributed by atoms with E-state index in [1.807, 2.05) is 24.3 Å². The number of pyridine rings is 1. The molecule has 2 bridgehead atoms. The Morgan fingerprint density at radius 1 is 1.42 bits per heavy atom. The van der Waals surface area contributed by atoms with Gasteiger partial charge < -0.3 is 9.84 Å². The quantitative estimate of drug-likeness (QED) is 0.878. The molecule has 4 nitrogen and oxygen atoms in total. The van der Waals surface area contributed by atoms with Gasteiger partial charge in [-0.15, -0.1) is 6.58 Å². The van der Waals surface area contributed by atoms with Crippen molar-refractivity contribution in [1.29, 1.82) is 0 Å². The Morgan fingerprint density at radius 3 is 3.00 bits per heavy atom. The molecule has 3 fully saturated rings. The van der Waals surface area contributed by atoms with E-state index in [4.69, 9.17) is 4.74 Å². The highest BCUT2D eigenvalue weighted by molar-refractivity contribution is 5.83. The summed E-state index contributed by atoms with van der Waals surface area (Å²) in [5, 5.41) is 12.1. The highest BCUT2D eigenvalue weighted by Gasteiger charge is 2.42. The van der Waals surface area contributed by atoms with Crippen LogP contribution >= 0.6 is 0 Å². The summed E-state index contributed by atoms with van der Waals surface area (Å²) in [6.07, 6.45) is 5.62. The standard InChI is InChI=1S/C20H24N2O2/c1-3-13-12-22-9-7-14(13)10-19(22)20(23)16-6-8-21-18-5-4-15(24-2)11-17(16)18/h3-6,8,11,13-14,19-20,23H,1,7,9-10,12H2,2H3/t13-,14+,19?,20+/m0/s1. The van der Waals surface area contributed by atoms with Gasteiger partial charge in [-0.25, -0.2) is 0 Å². The Kier molecular flexibility index (Phi) is 4.02. The zero-order chi connectivity index (χ0) is 16.7. The van der Waals surface area contributed by atoms with Crippen LogP contribution in [0, 0.1) is 11.8 Å². The second-order valence-corrected chi connectivity index (χ2v) is 6.97. The van der Waals surface area contributed by atoms with Crippen molar-refractivity contribution in [3.63, 3.8) is 0 Å². The fourth-order valence-electron chi connectivity index (χ4n) is 4.44. The number of piperidine rings is 3. The molecule has 3 aliphatic rings. The molecule has 4 heteroatoms. The Balaban J connectivity index is 1.69. The first-order chi connectivity index (χ1) is 11.7. The Hall–Kier alpha value is -1.91. The van der Waals surface area contributed by atoms with E-state index in [1.165, 1.54) is 6.42 Å². The predicted octanol–water partition coefficient (Wildman–Crippen LogP) is 3.17. The highest BCUT2D eigenvalue weighted by atomic mass is 16.5. The largest absolute Gasteiger partial charge is 0.497 e. The van der Waals surface area contributed by atoms with E-state index in [2.05, 4.69) is 22.5 Å². The van der Waals surface area contributed by atoms with Gasteiger partial charge in [0.1, 0.15) is 5.75 Å². The first kappa shape index (κ1) is 15.6. The third-order valence-electron chi connectivity index (χ3n) is 5.82. The molecular weight excluding hydrogens is 300 g/mol. The van der Waals surface area contributed by atoms with Crippen LogP contribution in [0.2, 0.25) is 0 Å². The van der Waals surface area contributed by atoms with Crippen molar-refractivity contribution < 1.29 is 9.84 Å². The summed E-state index contributed by atoms with van der Waals surface area (Å²) in [4.78, 5) is 6.86. The number of hydrogen-bond acceptors (Lipinski definition) is 4. The molecule has 24 heavy (non-hydrogen) atoms. The van der Waals surface area contributed by atoms with Crippen molar-refractivity contribution in [2.75, 3.05) is 20.2 Å². The summed E-state index contributed by atoms with van der Waals surface area (Å²) in [6, 6.07) is 7.96. The van der Waals surface area contributed by atoms with E-state index in [1.54, 1.807) is 13.3 Å². The predicted molar refractivity (Wildman–Crippen MR) is 95.0 cm³/mol. The lowest BCUT2D eigenvalue weighted by atomic mass is 9.73. The van der Waals surface area contributed by atoms with Gasteiger partial charge in [0.05, 0.1) is 18.7 Å². The second kappa shape index (κ2) is 6.19. The average Bonchev–Trinajstić information content (AvgIpc) is 2.66. The average molecular weight is 324 g/mol. The van der Waals surface area contributed by atoms with Crippen LogP contribution in [0.25, 0.3) is 10.9 Å². The van der Waals surface area contributed by atoms with Crippen LogP contribution in [0.4, 0.5) is 0 Å². The molecule has 2 unspecified atom stereocenters. The molecule has 3 aliphatic heterocycles. The van der Waals surface area contributed by atoms with Crippen LogP contribution in [-0.2, 0) is 0 Å². The molecule has 1 aromatic carbocycles. The van der Waals surface area contributed by atoms with Crippen LogP contribution in [0.5, 0.6) is 5.75 Å². The van der Waals surface area contributed by atoms with Crippen molar-refractivity contribution in [2.45, 2.75) is 25.0 Å². The monoisotopic (exact) mass is 324 g/mol. The minimum absolute atomic E-state index is 0.178. The molecule has 0 aliphatic carbocycles. The molecule has 0 spiro atoms. The van der Waals surface area contributed by atoms with Gasteiger partial charge in [-0.3, -0.25) is 9.88 Å². The topological polar surface area (TPSA) is 45.6 Å². The van der Waals surface area contributed by atoms with E-state index in [0.717, 1.165) is 41.7 Å². The number of rotatable bonds is 4. The van der Waals surface area contributed by atoms with Crippen molar-refractivity contribution >= 4 is 10.9 Å². The maximum Gasteiger partial charge on any atom is 0.119 e. The number of aromatic nitrogens is 1. The normalized spacial score (nSPS) is 30.2. The van der Waals surface area contributed by atoms with Crippen molar-refractivity contribution in [2.24, 2.45) is 11.8 Å². The number of benzene rings is 1. The third-order valence-corrected chi connectivity index (χ3v) is 5.82. The number of fused-ring (bicyclic) bond motifs is 4. The Bertz CT molecular complexity index is 760. The van der Waals surface area contributed by atoms with Gasteiger partial charge in [-0.2, -0.15) is 0 Å². The van der Waals surface area contributed by atoms with Crippen molar-refractivity contribution in [1.82, 2.24) is 9.88 Å². The lowest BCUT2D eigenvalue weighted by Gasteiger charge is -2.50. The molecular formula is C20H24N2O2. The van der Waals surface area contributed by atoms with Gasteiger partial charge in [-0.05, 0) is 61.1 Å². The van der Waals surface area contributed by atoms with E-state index in [9.17, 15) is 5.11 Å². The van der Waals surface area contributed by atoms with Crippen LogP contribution in [-0.4, -0.2) is 41.2 Å². The maximum absolute atomic E-state index is 11.2. The maximum atomic E-state index is 11.2. The molecule has 1 N–H and O–H groups in total. The lowest BCUT2D eigenvalue weighted by Crippen LogP contribution is -2.54. The molecule has 0 saturated carbocycles. The van der Waals surface area contributed by atoms with Crippen molar-refractivity contribution in [3.8, 4) is 5.75 Å². The first-order valence-electron chi connectivity index (χ1n) is 8.68. The molecule has 0 radical (unpaired) electrons. The van der Waals surface area contributed by atoms with E-state index >= 15 is 0 Å². The number of aliphatic hydroxyl groups is 1. The number of ether oxygens (including phenoxy) is 1. The first-order valence-corrected chi connectivity index (χ1v) is 8.68. The fraction of sp³-hybridized carbons (Fsp3) is 0.450. The highest BCUT2D eigenvalue weighted by Crippen LogP contribution is 2.42. The van der Waals surface area contributed by atoms with Gasteiger partial charge in [-0.1, -0.05) is 6.08 Å². The Labute approximate surface area is 142 Å². The van der Waals surface area contributed by atoms with Crippen LogP contribution in [0.15, 0.2) is 43.1 Å². The summed E-state index contributed by atoms with van der Waals surface area (Å²) in [5.74, 6) is 2.01. The summed E-state index contributed by atoms with van der Waals surface area (Å²) < 4.78 is 5.35.